The summed E-state index contributed by atoms with van der Waals surface area (Å²) >= 11 is 0. The molecule has 0 unspecified atom stereocenters. The van der Waals surface area contributed by atoms with E-state index in [0.29, 0.717) is 17.1 Å². The molecule has 2 saturated heterocycles. The second-order valence-corrected chi connectivity index (χ2v) is 11.1. The van der Waals surface area contributed by atoms with E-state index in [-0.39, 0.29) is 43.7 Å². The van der Waals surface area contributed by atoms with Crippen molar-refractivity contribution < 1.29 is 63.6 Å². The van der Waals surface area contributed by atoms with Gasteiger partial charge < -0.3 is 64.1 Å². The molecule has 1 aliphatic carbocycles. The Morgan fingerprint density at radius 2 is 1.78 bits per heavy atom. The Bertz CT molecular complexity index is 1450. The van der Waals surface area contributed by atoms with Crippen LogP contribution in [0.5, 0.6) is 23.0 Å². The van der Waals surface area contributed by atoms with E-state index in [2.05, 4.69) is 10.5 Å². The number of hydrogen-bond donors (Lipinski definition) is 6. The molecule has 45 heavy (non-hydrogen) atoms. The number of nitrogens with zero attached hydrogens (tertiary/aromatic N) is 1. The number of aromatic hydroxyl groups is 1. The van der Waals surface area contributed by atoms with Crippen molar-refractivity contribution in [2.45, 2.75) is 75.0 Å². The number of phenolic OH excluding ortho intramolecular Hbond substituents is 1. The molecular formula is C30H34N2O13. The summed E-state index contributed by atoms with van der Waals surface area (Å²) in [5.41, 5.74) is 1.49. The number of benzene rings is 2. The van der Waals surface area contributed by atoms with Crippen LogP contribution in [0.3, 0.4) is 0 Å². The minimum atomic E-state index is -1.48. The molecule has 0 bridgehead atoms. The summed E-state index contributed by atoms with van der Waals surface area (Å²) in [6.45, 7) is 1.72. The molecule has 4 aliphatic rings. The van der Waals surface area contributed by atoms with Gasteiger partial charge in [-0.2, -0.15) is 0 Å². The first kappa shape index (κ1) is 31.0. The van der Waals surface area contributed by atoms with Crippen molar-refractivity contribution in [3.05, 3.63) is 53.1 Å². The quantitative estimate of drug-likeness (QED) is 0.122. The smallest absolute Gasteiger partial charge is 0.247 e. The van der Waals surface area contributed by atoms with Gasteiger partial charge in [0.2, 0.25) is 19.0 Å². The van der Waals surface area contributed by atoms with E-state index in [4.69, 9.17) is 33.3 Å². The van der Waals surface area contributed by atoms with Gasteiger partial charge in [-0.1, -0.05) is 17.3 Å². The van der Waals surface area contributed by atoms with Crippen molar-refractivity contribution in [3.8, 4) is 23.0 Å². The van der Waals surface area contributed by atoms with Crippen LogP contribution in [0.4, 0.5) is 0 Å². The Morgan fingerprint density at radius 3 is 2.58 bits per heavy atom. The van der Waals surface area contributed by atoms with Crippen LogP contribution >= 0.6 is 0 Å². The third kappa shape index (κ3) is 6.69. The fraction of sp³-hybridized carbons (Fsp3) is 0.467. The molecule has 15 nitrogen and oxygen atoms in total. The summed E-state index contributed by atoms with van der Waals surface area (Å²) in [4.78, 5) is 18.2. The Morgan fingerprint density at radius 1 is 1.00 bits per heavy atom. The molecule has 0 radical (unpaired) electrons. The van der Waals surface area contributed by atoms with Gasteiger partial charge in [0, 0.05) is 12.0 Å². The number of amides is 1. The van der Waals surface area contributed by atoms with Crippen molar-refractivity contribution in [1.82, 2.24) is 5.32 Å². The molecule has 9 atom stereocenters. The van der Waals surface area contributed by atoms with Crippen LogP contribution in [0.25, 0.3) is 6.08 Å². The van der Waals surface area contributed by atoms with Gasteiger partial charge in [0.1, 0.15) is 50.0 Å². The van der Waals surface area contributed by atoms with Crippen LogP contribution in [-0.4, -0.2) is 106 Å². The fourth-order valence-electron chi connectivity index (χ4n) is 5.51. The summed E-state index contributed by atoms with van der Waals surface area (Å²) in [5.74, 6) is 0.557. The van der Waals surface area contributed by atoms with Gasteiger partial charge in [-0.3, -0.25) is 4.79 Å². The highest BCUT2D eigenvalue weighted by molar-refractivity contribution is 5.97. The van der Waals surface area contributed by atoms with Gasteiger partial charge in [-0.15, -0.1) is 0 Å². The lowest BCUT2D eigenvalue weighted by molar-refractivity contribution is -0.155. The zero-order chi connectivity index (χ0) is 31.7. The summed E-state index contributed by atoms with van der Waals surface area (Å²) in [6.07, 6.45) is -5.56. The molecule has 6 rings (SSSR count). The van der Waals surface area contributed by atoms with Crippen LogP contribution in [0.15, 0.2) is 47.1 Å². The van der Waals surface area contributed by atoms with Crippen molar-refractivity contribution in [3.63, 3.8) is 0 Å². The molecule has 15 heteroatoms. The standard InChI is InChI=1S/C30H34N2O13/c1-14(30(38)32-24-25(35)27(37)29-28(26(24)36)41-13-42-29)6-15-2-4-19(17(33)7-15)44-23-9-18(34)22(45-23)10-31-43-11-16-3-5-20-21(8-16)40-12-39-20/h2-8,10,18,22-29,33-37H,9,11-13H2,1H3,(H,32,38)/t18-,22+,23+,24+,25-,26+,27+,28-,29+/m0/s1. The summed E-state index contributed by atoms with van der Waals surface area (Å²) in [6, 6.07) is 8.67. The third-order valence-electron chi connectivity index (χ3n) is 7.96. The van der Waals surface area contributed by atoms with Crippen molar-refractivity contribution in [2.75, 3.05) is 13.6 Å². The molecule has 242 valence electrons. The van der Waals surface area contributed by atoms with Crippen LogP contribution < -0.4 is 19.5 Å². The molecule has 1 saturated carbocycles. The van der Waals surface area contributed by atoms with E-state index in [1.54, 1.807) is 18.2 Å². The van der Waals surface area contributed by atoms with E-state index in [1.165, 1.54) is 31.3 Å². The van der Waals surface area contributed by atoms with Gasteiger partial charge in [-0.25, -0.2) is 0 Å². The van der Waals surface area contributed by atoms with Gasteiger partial charge >= 0.3 is 0 Å². The maximum atomic E-state index is 12.8. The summed E-state index contributed by atoms with van der Waals surface area (Å²) < 4.78 is 32.6. The molecule has 0 aromatic heterocycles. The third-order valence-corrected chi connectivity index (χ3v) is 7.96. The monoisotopic (exact) mass is 630 g/mol. The zero-order valence-corrected chi connectivity index (χ0v) is 24.1. The van der Waals surface area contributed by atoms with Crippen LogP contribution in [-0.2, 0) is 30.4 Å². The van der Waals surface area contributed by atoms with Crippen LogP contribution in [0, 0.1) is 0 Å². The topological polar surface area (TPSA) is 207 Å². The second-order valence-electron chi connectivity index (χ2n) is 11.1. The highest BCUT2D eigenvalue weighted by Crippen LogP contribution is 2.34. The lowest BCUT2D eigenvalue weighted by atomic mass is 9.83. The van der Waals surface area contributed by atoms with Crippen LogP contribution in [0.1, 0.15) is 24.5 Å². The number of ether oxygens (including phenoxy) is 6. The van der Waals surface area contributed by atoms with Gasteiger partial charge in [-0.05, 0) is 48.4 Å². The highest BCUT2D eigenvalue weighted by Gasteiger charge is 2.53. The average molecular weight is 631 g/mol. The van der Waals surface area contributed by atoms with Crippen molar-refractivity contribution >= 4 is 18.2 Å². The van der Waals surface area contributed by atoms with Crippen molar-refractivity contribution in [1.29, 1.82) is 0 Å². The van der Waals surface area contributed by atoms with Gasteiger partial charge in [0.05, 0.1) is 18.4 Å². The minimum absolute atomic E-state index is 0.0962. The Balaban J connectivity index is 0.999. The molecule has 6 N–H and O–H groups in total. The maximum absolute atomic E-state index is 12.8. The number of rotatable bonds is 9. The number of carbonyl (C=O) groups excluding carboxylic acids is 1. The number of nitrogens with one attached hydrogen (secondary N) is 1. The van der Waals surface area contributed by atoms with E-state index >= 15 is 0 Å². The number of fused-ring (bicyclic) bond motifs is 2. The number of hydrogen-bond acceptors (Lipinski definition) is 14. The highest BCUT2D eigenvalue weighted by atomic mass is 16.7. The number of oxime groups is 1. The molecule has 3 aliphatic heterocycles. The molecule has 2 aromatic rings. The normalized spacial score (nSPS) is 32.5. The second kappa shape index (κ2) is 13.2. The fourth-order valence-corrected chi connectivity index (χ4v) is 5.51. The minimum Gasteiger partial charge on any atom is -0.504 e. The number of carbonyl (C=O) groups is 1. The largest absolute Gasteiger partial charge is 0.504 e. The Hall–Kier alpha value is -3.96. The molecule has 2 aromatic carbocycles. The first-order valence-corrected chi connectivity index (χ1v) is 14.3. The molecule has 1 amide bonds. The predicted octanol–water partition coefficient (Wildman–Crippen LogP) is -0.0959. The lowest BCUT2D eigenvalue weighted by Gasteiger charge is -2.41. The molecule has 0 spiro atoms. The van der Waals surface area contributed by atoms with E-state index in [1.807, 2.05) is 6.07 Å². The SMILES string of the molecule is CC(=Cc1ccc(O[C@H]2C[C@H](O)[C@@H](C=NOCc3ccc4c(c3)OCO4)O2)c(O)c1)C(=O)N[C@@H]1[C@H](O)[C@@H](O)[C@H]2OCO[C@H]2[C@@H]1O. The number of phenols is 1. The predicted molar refractivity (Wildman–Crippen MR) is 152 cm³/mol. The summed E-state index contributed by atoms with van der Waals surface area (Å²) in [7, 11) is 0. The number of aliphatic hydroxyl groups is 4. The Kier molecular flexibility index (Phi) is 9.09. The zero-order valence-electron chi connectivity index (χ0n) is 24.1. The maximum Gasteiger partial charge on any atom is 0.247 e. The van der Waals surface area contributed by atoms with E-state index in [9.17, 15) is 30.3 Å². The molecule has 3 heterocycles. The first-order chi connectivity index (χ1) is 21.7. The lowest BCUT2D eigenvalue weighted by Crippen LogP contribution is -2.67. The van der Waals surface area contributed by atoms with Crippen LogP contribution in [0.2, 0.25) is 0 Å². The van der Waals surface area contributed by atoms with Gasteiger partial charge in [0.15, 0.2) is 23.0 Å². The summed E-state index contributed by atoms with van der Waals surface area (Å²) in [5, 5.41) is 58.7. The Labute approximate surface area is 257 Å². The van der Waals surface area contributed by atoms with Gasteiger partial charge in [0.25, 0.3) is 0 Å². The van der Waals surface area contributed by atoms with E-state index < -0.39 is 61.0 Å². The molecular weight excluding hydrogens is 596 g/mol. The molecule has 3 fully saturated rings. The average Bonchev–Trinajstić information content (AvgIpc) is 3.78. The number of aliphatic hydroxyl groups excluding tert-OH is 4. The van der Waals surface area contributed by atoms with E-state index in [0.717, 1.165) is 5.56 Å². The van der Waals surface area contributed by atoms with Crippen molar-refractivity contribution in [2.24, 2.45) is 5.16 Å². The first-order valence-electron chi connectivity index (χ1n) is 14.3.